The van der Waals surface area contributed by atoms with Crippen LogP contribution in [0.3, 0.4) is 0 Å². The molecule has 5 nitrogen and oxygen atoms in total. The van der Waals surface area contributed by atoms with Crippen molar-refractivity contribution >= 4 is 27.9 Å². The van der Waals surface area contributed by atoms with Gasteiger partial charge in [0.25, 0.3) is 0 Å². The Hall–Kier alpha value is -1.56. The van der Waals surface area contributed by atoms with Gasteiger partial charge in [-0.2, -0.15) is 0 Å². The molecule has 1 fully saturated rings. The van der Waals surface area contributed by atoms with Gasteiger partial charge in [-0.1, -0.05) is 15.9 Å². The molecule has 0 aromatic heterocycles. The van der Waals surface area contributed by atoms with Gasteiger partial charge in [-0.25, -0.2) is 4.79 Å². The number of rotatable bonds is 4. The second-order valence-electron chi connectivity index (χ2n) is 3.99. The van der Waals surface area contributed by atoms with Crippen molar-refractivity contribution in [1.82, 2.24) is 9.80 Å². The lowest BCUT2D eigenvalue weighted by Gasteiger charge is -2.14. The summed E-state index contributed by atoms with van der Waals surface area (Å²) in [6.07, 6.45) is 0. The number of carbonyl (C=O) groups is 2. The Balaban J connectivity index is 1.84. The van der Waals surface area contributed by atoms with Gasteiger partial charge in [-0.05, 0) is 24.3 Å². The Morgan fingerprint density at radius 2 is 1.94 bits per heavy atom. The molecule has 1 aromatic rings. The number of imide groups is 1. The normalized spacial score (nSPS) is 15.4. The molecular weight excluding hydrogens is 300 g/mol. The van der Waals surface area contributed by atoms with E-state index >= 15 is 0 Å². The van der Waals surface area contributed by atoms with Crippen LogP contribution in [0.2, 0.25) is 0 Å². The fraction of sp³-hybridized carbons (Fsp3) is 0.333. The number of halogens is 1. The summed E-state index contributed by atoms with van der Waals surface area (Å²) in [6.45, 7) is 0.724. The van der Waals surface area contributed by atoms with Gasteiger partial charge >= 0.3 is 6.03 Å². The summed E-state index contributed by atoms with van der Waals surface area (Å²) in [5.41, 5.74) is 0. The van der Waals surface area contributed by atoms with Gasteiger partial charge in [0.1, 0.15) is 18.9 Å². The van der Waals surface area contributed by atoms with Gasteiger partial charge in [-0.15, -0.1) is 0 Å². The second-order valence-corrected chi connectivity index (χ2v) is 4.90. The summed E-state index contributed by atoms with van der Waals surface area (Å²) in [6, 6.07) is 7.12. The lowest BCUT2D eigenvalue weighted by molar-refractivity contribution is -0.125. The molecule has 0 saturated carbocycles. The molecule has 0 atom stereocenters. The van der Waals surface area contributed by atoms with E-state index in [1.54, 1.807) is 7.05 Å². The second kappa shape index (κ2) is 5.39. The first-order valence-electron chi connectivity index (χ1n) is 5.52. The van der Waals surface area contributed by atoms with Crippen molar-refractivity contribution in [1.29, 1.82) is 0 Å². The largest absolute Gasteiger partial charge is 0.492 e. The topological polar surface area (TPSA) is 49.9 Å². The third-order valence-corrected chi connectivity index (χ3v) is 3.16. The fourth-order valence-electron chi connectivity index (χ4n) is 1.67. The number of hydrogen-bond acceptors (Lipinski definition) is 3. The van der Waals surface area contributed by atoms with Crippen LogP contribution in [-0.4, -0.2) is 48.5 Å². The van der Waals surface area contributed by atoms with E-state index in [0.29, 0.717) is 12.4 Å². The van der Waals surface area contributed by atoms with Crippen LogP contribution in [0.25, 0.3) is 0 Å². The molecule has 6 heteroatoms. The summed E-state index contributed by atoms with van der Waals surface area (Å²) < 4.78 is 6.44. The summed E-state index contributed by atoms with van der Waals surface area (Å²) >= 11 is 3.33. The van der Waals surface area contributed by atoms with E-state index in [9.17, 15) is 9.59 Å². The van der Waals surface area contributed by atoms with E-state index in [-0.39, 0.29) is 25.0 Å². The van der Waals surface area contributed by atoms with Gasteiger partial charge < -0.3 is 9.64 Å². The van der Waals surface area contributed by atoms with Crippen LogP contribution in [0.4, 0.5) is 4.79 Å². The van der Waals surface area contributed by atoms with Crippen molar-refractivity contribution in [2.45, 2.75) is 0 Å². The first-order valence-corrected chi connectivity index (χ1v) is 6.31. The van der Waals surface area contributed by atoms with Crippen molar-refractivity contribution in [3.63, 3.8) is 0 Å². The number of benzene rings is 1. The third kappa shape index (κ3) is 2.81. The van der Waals surface area contributed by atoms with E-state index < -0.39 is 0 Å². The number of urea groups is 1. The van der Waals surface area contributed by atoms with Crippen LogP contribution in [0, 0.1) is 0 Å². The van der Waals surface area contributed by atoms with E-state index in [1.807, 2.05) is 24.3 Å². The maximum absolute atomic E-state index is 11.6. The lowest BCUT2D eigenvalue weighted by atomic mass is 10.3. The zero-order valence-electron chi connectivity index (χ0n) is 9.93. The average Bonchev–Trinajstić information content (AvgIpc) is 2.58. The zero-order valence-corrected chi connectivity index (χ0v) is 11.5. The summed E-state index contributed by atoms with van der Waals surface area (Å²) in [5.74, 6) is 0.535. The van der Waals surface area contributed by atoms with Crippen molar-refractivity contribution in [3.8, 4) is 5.75 Å². The Morgan fingerprint density at radius 3 is 2.50 bits per heavy atom. The highest BCUT2D eigenvalue weighted by molar-refractivity contribution is 9.10. The third-order valence-electron chi connectivity index (χ3n) is 2.63. The fourth-order valence-corrected chi connectivity index (χ4v) is 1.94. The van der Waals surface area contributed by atoms with Gasteiger partial charge in [-0.3, -0.25) is 9.69 Å². The summed E-state index contributed by atoms with van der Waals surface area (Å²) in [4.78, 5) is 25.7. The highest BCUT2D eigenvalue weighted by atomic mass is 79.9. The molecular formula is C12H13BrN2O3. The molecule has 1 aliphatic rings. The van der Waals surface area contributed by atoms with Crippen LogP contribution in [0.5, 0.6) is 5.75 Å². The van der Waals surface area contributed by atoms with Gasteiger partial charge in [0.05, 0.1) is 6.54 Å². The standard InChI is InChI=1S/C12H13BrN2O3/c1-14-8-11(16)15(12(14)17)6-7-18-10-4-2-9(13)3-5-10/h2-5H,6-8H2,1H3. The lowest BCUT2D eigenvalue weighted by Crippen LogP contribution is -2.35. The van der Waals surface area contributed by atoms with E-state index in [2.05, 4.69) is 15.9 Å². The first kappa shape index (κ1) is 12.9. The van der Waals surface area contributed by atoms with Gasteiger partial charge in [0.2, 0.25) is 5.91 Å². The molecule has 0 bridgehead atoms. The quantitative estimate of drug-likeness (QED) is 0.795. The van der Waals surface area contributed by atoms with Crippen LogP contribution in [0.15, 0.2) is 28.7 Å². The maximum atomic E-state index is 11.6. The smallest absolute Gasteiger partial charge is 0.327 e. The van der Waals surface area contributed by atoms with Gasteiger partial charge in [0.15, 0.2) is 0 Å². The minimum atomic E-state index is -0.264. The van der Waals surface area contributed by atoms with Crippen LogP contribution in [0.1, 0.15) is 0 Å². The summed E-state index contributed by atoms with van der Waals surface area (Å²) in [5, 5.41) is 0. The zero-order chi connectivity index (χ0) is 13.1. The monoisotopic (exact) mass is 312 g/mol. The van der Waals surface area contributed by atoms with Crippen LogP contribution < -0.4 is 4.74 Å². The number of ether oxygens (including phenoxy) is 1. The molecule has 0 N–H and O–H groups in total. The van der Waals surface area contributed by atoms with E-state index in [0.717, 1.165) is 4.47 Å². The minimum absolute atomic E-state index is 0.150. The summed E-state index contributed by atoms with van der Waals surface area (Å²) in [7, 11) is 1.61. The average molecular weight is 313 g/mol. The van der Waals surface area contributed by atoms with Crippen molar-refractivity contribution < 1.29 is 14.3 Å². The predicted octanol–water partition coefficient (Wildman–Crippen LogP) is 1.72. The molecule has 0 radical (unpaired) electrons. The highest BCUT2D eigenvalue weighted by Crippen LogP contribution is 2.16. The minimum Gasteiger partial charge on any atom is -0.492 e. The number of nitrogens with zero attached hydrogens (tertiary/aromatic N) is 2. The molecule has 1 aromatic carbocycles. The molecule has 96 valence electrons. The molecule has 18 heavy (non-hydrogen) atoms. The molecule has 0 spiro atoms. The number of hydrogen-bond donors (Lipinski definition) is 0. The highest BCUT2D eigenvalue weighted by Gasteiger charge is 2.32. The SMILES string of the molecule is CN1CC(=O)N(CCOc2ccc(Br)cc2)C1=O. The molecule has 0 unspecified atom stereocenters. The molecule has 1 aliphatic heterocycles. The van der Waals surface area contributed by atoms with E-state index in [1.165, 1.54) is 9.80 Å². The van der Waals surface area contributed by atoms with Gasteiger partial charge in [0, 0.05) is 11.5 Å². The maximum Gasteiger partial charge on any atom is 0.327 e. The number of carbonyl (C=O) groups excluding carboxylic acids is 2. The number of likely N-dealkylation sites (N-methyl/N-ethyl adjacent to an activating group) is 1. The van der Waals surface area contributed by atoms with Crippen molar-refractivity contribution in [2.24, 2.45) is 0 Å². The molecule has 0 aliphatic carbocycles. The Labute approximate surface area is 113 Å². The Bertz CT molecular complexity index is 461. The Morgan fingerprint density at radius 1 is 1.28 bits per heavy atom. The first-order chi connectivity index (χ1) is 8.58. The Kier molecular flexibility index (Phi) is 3.86. The van der Waals surface area contributed by atoms with Crippen molar-refractivity contribution in [2.75, 3.05) is 26.7 Å². The molecule has 1 saturated heterocycles. The molecule has 1 heterocycles. The molecule has 2 rings (SSSR count). The molecule has 3 amide bonds. The van der Waals surface area contributed by atoms with E-state index in [4.69, 9.17) is 4.74 Å². The van der Waals surface area contributed by atoms with Crippen molar-refractivity contribution in [3.05, 3.63) is 28.7 Å². The van der Waals surface area contributed by atoms with Crippen LogP contribution >= 0.6 is 15.9 Å². The van der Waals surface area contributed by atoms with Crippen LogP contribution in [-0.2, 0) is 4.79 Å². The predicted molar refractivity (Wildman–Crippen MR) is 69.4 cm³/mol. The number of amides is 3.